The SMILES string of the molecule is O=CO.[Ca+2].[Cl-].[Cl-]. The molecule has 34 valence electrons. The van der Waals surface area contributed by atoms with Gasteiger partial charge in [-0.05, 0) is 0 Å². The summed E-state index contributed by atoms with van der Waals surface area (Å²) in [4.78, 5) is 8.36. The average Bonchev–Trinajstić information content (AvgIpc) is 0.918. The summed E-state index contributed by atoms with van der Waals surface area (Å²) in [5.41, 5.74) is 0. The molecule has 0 bridgehead atoms. The van der Waals surface area contributed by atoms with E-state index >= 15 is 0 Å². The number of hydrogen-bond donors (Lipinski definition) is 1. The Balaban J connectivity index is -0.00000000667. The molecule has 0 rings (SSSR count). The van der Waals surface area contributed by atoms with Gasteiger partial charge in [0.25, 0.3) is 6.47 Å². The van der Waals surface area contributed by atoms with Gasteiger partial charge in [0.2, 0.25) is 0 Å². The predicted molar refractivity (Wildman–Crippen MR) is 14.4 cm³/mol. The molecule has 0 saturated heterocycles. The van der Waals surface area contributed by atoms with E-state index in [0.717, 1.165) is 0 Å². The standard InChI is InChI=1S/CH2O2.Ca.2ClH/c2-1-3;;;/h1H,(H,2,3);;2*1H/q;+2;;/p-2. The summed E-state index contributed by atoms with van der Waals surface area (Å²) in [5.74, 6) is 0. The number of halogens is 2. The molecular formula is CH2CaCl2O2. The molecule has 0 amide bonds. The van der Waals surface area contributed by atoms with Gasteiger partial charge in [-0.25, -0.2) is 0 Å². The van der Waals surface area contributed by atoms with Crippen LogP contribution in [0.2, 0.25) is 0 Å². The predicted octanol–water partition coefficient (Wildman–Crippen LogP) is -6.67. The van der Waals surface area contributed by atoms with Crippen molar-refractivity contribution in [3.8, 4) is 0 Å². The topological polar surface area (TPSA) is 37.3 Å². The van der Waals surface area contributed by atoms with Crippen LogP contribution >= 0.6 is 0 Å². The van der Waals surface area contributed by atoms with E-state index in [0.29, 0.717) is 0 Å². The molecule has 0 aromatic heterocycles. The summed E-state index contributed by atoms with van der Waals surface area (Å²) in [6.45, 7) is -0.250. The van der Waals surface area contributed by atoms with Crippen LogP contribution in [0.1, 0.15) is 0 Å². The van der Waals surface area contributed by atoms with Crippen LogP contribution < -0.4 is 24.8 Å². The Morgan fingerprint density at radius 1 is 1.33 bits per heavy atom. The van der Waals surface area contributed by atoms with Gasteiger partial charge in [0.15, 0.2) is 0 Å². The van der Waals surface area contributed by atoms with Crippen LogP contribution in [0.25, 0.3) is 0 Å². The van der Waals surface area contributed by atoms with Gasteiger partial charge in [0, 0.05) is 0 Å². The van der Waals surface area contributed by atoms with Crippen LogP contribution in [0.15, 0.2) is 0 Å². The van der Waals surface area contributed by atoms with E-state index in [2.05, 4.69) is 0 Å². The number of carboxylic acid groups (broad SMARTS) is 1. The minimum Gasteiger partial charge on any atom is -1.00 e. The molecule has 0 unspecified atom stereocenters. The van der Waals surface area contributed by atoms with Crippen molar-refractivity contribution < 1.29 is 34.7 Å². The molecule has 0 aromatic rings. The van der Waals surface area contributed by atoms with Crippen molar-refractivity contribution in [1.29, 1.82) is 0 Å². The fourth-order valence-corrected chi connectivity index (χ4v) is 0. The average molecular weight is 157 g/mol. The normalized spacial score (nSPS) is 2.00. The second-order valence-electron chi connectivity index (χ2n) is 0.105. The fraction of sp³-hybridized carbons (Fsp3) is 0. The van der Waals surface area contributed by atoms with Gasteiger partial charge < -0.3 is 29.9 Å². The van der Waals surface area contributed by atoms with Crippen molar-refractivity contribution in [1.82, 2.24) is 0 Å². The largest absolute Gasteiger partial charge is 2.00 e. The molecule has 0 aliphatic heterocycles. The molecule has 0 saturated carbocycles. The van der Waals surface area contributed by atoms with E-state index in [1.54, 1.807) is 0 Å². The maximum Gasteiger partial charge on any atom is 2.00 e. The summed E-state index contributed by atoms with van der Waals surface area (Å²) in [7, 11) is 0. The minimum atomic E-state index is -0.250. The maximum absolute atomic E-state index is 8.36. The second-order valence-corrected chi connectivity index (χ2v) is 0.105. The van der Waals surface area contributed by atoms with Crippen molar-refractivity contribution in [2.75, 3.05) is 0 Å². The van der Waals surface area contributed by atoms with Crippen LogP contribution in [0.4, 0.5) is 0 Å². The van der Waals surface area contributed by atoms with Crippen molar-refractivity contribution in [2.24, 2.45) is 0 Å². The van der Waals surface area contributed by atoms with Crippen LogP contribution in [0.5, 0.6) is 0 Å². The Bertz CT molecular complexity index is 19.0. The van der Waals surface area contributed by atoms with E-state index in [4.69, 9.17) is 9.90 Å². The van der Waals surface area contributed by atoms with Crippen molar-refractivity contribution in [3.63, 3.8) is 0 Å². The van der Waals surface area contributed by atoms with Gasteiger partial charge in [-0.2, -0.15) is 0 Å². The van der Waals surface area contributed by atoms with Crippen molar-refractivity contribution in [3.05, 3.63) is 0 Å². The van der Waals surface area contributed by atoms with Crippen LogP contribution in [0.3, 0.4) is 0 Å². The van der Waals surface area contributed by atoms with Gasteiger partial charge in [-0.15, -0.1) is 0 Å². The monoisotopic (exact) mass is 156 g/mol. The molecule has 0 fully saturated rings. The zero-order valence-electron chi connectivity index (χ0n) is 2.90. The number of carbonyl (C=O) groups is 1. The zero-order chi connectivity index (χ0) is 2.71. The summed E-state index contributed by atoms with van der Waals surface area (Å²) in [5, 5.41) is 6.89. The first-order valence-electron chi connectivity index (χ1n) is 0.494. The van der Waals surface area contributed by atoms with Crippen molar-refractivity contribution >= 4 is 44.2 Å². The Kier molecular flexibility index (Phi) is 148. The van der Waals surface area contributed by atoms with Gasteiger partial charge in [-0.1, -0.05) is 0 Å². The molecule has 0 atom stereocenters. The summed E-state index contributed by atoms with van der Waals surface area (Å²) in [6.07, 6.45) is 0. The first-order valence-corrected chi connectivity index (χ1v) is 0.494. The van der Waals surface area contributed by atoms with E-state index in [1.807, 2.05) is 0 Å². The Labute approximate surface area is 78.1 Å². The van der Waals surface area contributed by atoms with Gasteiger partial charge in [0.1, 0.15) is 0 Å². The third-order valence-corrected chi connectivity index (χ3v) is 0. The quantitative estimate of drug-likeness (QED) is 0.280. The molecule has 0 aliphatic carbocycles. The third-order valence-electron chi connectivity index (χ3n) is 0. The Morgan fingerprint density at radius 2 is 1.33 bits per heavy atom. The van der Waals surface area contributed by atoms with E-state index in [9.17, 15) is 0 Å². The molecular weight excluding hydrogens is 155 g/mol. The molecule has 0 aromatic carbocycles. The van der Waals surface area contributed by atoms with Gasteiger partial charge in [0.05, 0.1) is 0 Å². The Hall–Kier alpha value is 1.31. The molecule has 5 heteroatoms. The smallest absolute Gasteiger partial charge is 1.00 e. The van der Waals surface area contributed by atoms with Gasteiger partial charge >= 0.3 is 37.7 Å². The summed E-state index contributed by atoms with van der Waals surface area (Å²) >= 11 is 0. The van der Waals surface area contributed by atoms with Gasteiger partial charge in [-0.3, -0.25) is 4.79 Å². The summed E-state index contributed by atoms with van der Waals surface area (Å²) < 4.78 is 0. The number of hydrogen-bond acceptors (Lipinski definition) is 1. The fourth-order valence-electron chi connectivity index (χ4n) is 0. The van der Waals surface area contributed by atoms with Crippen molar-refractivity contribution in [2.45, 2.75) is 0 Å². The van der Waals surface area contributed by atoms with Crippen LogP contribution in [-0.4, -0.2) is 49.3 Å². The van der Waals surface area contributed by atoms with E-state index in [-0.39, 0.29) is 69.0 Å². The van der Waals surface area contributed by atoms with E-state index < -0.39 is 0 Å². The van der Waals surface area contributed by atoms with Crippen LogP contribution in [0, 0.1) is 0 Å². The molecule has 0 heterocycles. The molecule has 2 nitrogen and oxygen atoms in total. The first-order chi connectivity index (χ1) is 1.41. The second kappa shape index (κ2) is 33.3. The molecule has 0 aliphatic rings. The number of rotatable bonds is 0. The first kappa shape index (κ1) is 26.6. The maximum atomic E-state index is 8.36. The third kappa shape index (κ3) is 57.5. The minimum absolute atomic E-state index is 0. The summed E-state index contributed by atoms with van der Waals surface area (Å²) in [6, 6.07) is 0. The molecule has 6 heavy (non-hydrogen) atoms. The van der Waals surface area contributed by atoms with Crippen LogP contribution in [-0.2, 0) is 4.79 Å². The molecule has 1 N–H and O–H groups in total. The van der Waals surface area contributed by atoms with E-state index in [1.165, 1.54) is 0 Å². The zero-order valence-corrected chi connectivity index (χ0v) is 6.62. The molecule has 0 radical (unpaired) electrons. The Morgan fingerprint density at radius 3 is 1.33 bits per heavy atom. The molecule has 0 spiro atoms.